The third-order valence-electron chi connectivity index (χ3n) is 3.46. The molecule has 0 aliphatic heterocycles. The first-order chi connectivity index (χ1) is 11.3. The number of carbonyl (C=O) groups is 3. The summed E-state index contributed by atoms with van der Waals surface area (Å²) >= 11 is 0. The second kappa shape index (κ2) is 6.95. The van der Waals surface area contributed by atoms with Gasteiger partial charge in [0.2, 0.25) is 11.8 Å². The van der Waals surface area contributed by atoms with Crippen molar-refractivity contribution < 1.29 is 18.8 Å². The predicted molar refractivity (Wildman–Crippen MR) is 85.1 cm³/mol. The molecule has 3 amide bonds. The Bertz CT molecular complexity index is 767. The van der Waals surface area contributed by atoms with Gasteiger partial charge in [0.1, 0.15) is 24.6 Å². The van der Waals surface area contributed by atoms with Gasteiger partial charge in [-0.2, -0.15) is 0 Å². The smallest absolute Gasteiger partial charge is 0.271 e. The molecule has 2 rings (SSSR count). The molecular formula is C16H17FN4O3. The minimum absolute atomic E-state index is 0.247. The zero-order valence-corrected chi connectivity index (χ0v) is 13.0. The first kappa shape index (κ1) is 17.2. The number of rotatable bonds is 6. The number of hydrogen-bond donors (Lipinski definition) is 2. The molecule has 0 saturated carbocycles. The fourth-order valence-corrected chi connectivity index (χ4v) is 2.37. The van der Waals surface area contributed by atoms with Crippen LogP contribution in [0.25, 0.3) is 11.3 Å². The van der Waals surface area contributed by atoms with E-state index in [-0.39, 0.29) is 11.5 Å². The molecule has 0 atom stereocenters. The van der Waals surface area contributed by atoms with E-state index in [2.05, 4.69) is 0 Å². The van der Waals surface area contributed by atoms with Crippen LogP contribution in [-0.2, 0) is 16.6 Å². The zero-order valence-electron chi connectivity index (χ0n) is 13.0. The normalized spacial score (nSPS) is 10.4. The van der Waals surface area contributed by atoms with Crippen molar-refractivity contribution >= 4 is 17.7 Å². The second-order valence-electron chi connectivity index (χ2n) is 5.26. The molecule has 0 aliphatic rings. The standard InChI is InChI=1S/C16H17FN4O3/c1-20-12(10-2-4-11(17)5-3-10)6-7-13(20)16(24)21(8-14(18)22)9-15(19)23/h2-7H,8-9H2,1H3,(H2,18,22)(H2,19,23). The van der Waals surface area contributed by atoms with Crippen LogP contribution < -0.4 is 11.5 Å². The van der Waals surface area contributed by atoms with Crippen LogP contribution in [0.4, 0.5) is 4.39 Å². The van der Waals surface area contributed by atoms with Crippen molar-refractivity contribution in [3.8, 4) is 11.3 Å². The molecule has 0 saturated heterocycles. The quantitative estimate of drug-likeness (QED) is 0.790. The second-order valence-corrected chi connectivity index (χ2v) is 5.26. The number of primary amides is 2. The van der Waals surface area contributed by atoms with Crippen LogP contribution in [0.15, 0.2) is 36.4 Å². The third-order valence-corrected chi connectivity index (χ3v) is 3.46. The van der Waals surface area contributed by atoms with E-state index < -0.39 is 30.8 Å². The highest BCUT2D eigenvalue weighted by Gasteiger charge is 2.22. The lowest BCUT2D eigenvalue weighted by Crippen LogP contribution is -2.43. The topological polar surface area (TPSA) is 111 Å². The SMILES string of the molecule is Cn1c(C(=O)N(CC(N)=O)CC(N)=O)ccc1-c1ccc(F)cc1. The Morgan fingerprint density at radius 3 is 2.04 bits per heavy atom. The largest absolute Gasteiger partial charge is 0.368 e. The molecule has 1 aromatic heterocycles. The van der Waals surface area contributed by atoms with Crippen molar-refractivity contribution in [3.05, 3.63) is 47.9 Å². The Kier molecular flexibility index (Phi) is 4.98. The van der Waals surface area contributed by atoms with E-state index in [4.69, 9.17) is 11.5 Å². The lowest BCUT2D eigenvalue weighted by atomic mass is 10.1. The Hall–Kier alpha value is -3.16. The summed E-state index contributed by atoms with van der Waals surface area (Å²) in [4.78, 5) is 35.8. The van der Waals surface area contributed by atoms with E-state index in [0.717, 1.165) is 4.90 Å². The van der Waals surface area contributed by atoms with Crippen molar-refractivity contribution in [3.63, 3.8) is 0 Å². The molecule has 7 nitrogen and oxygen atoms in total. The number of nitrogens with two attached hydrogens (primary N) is 2. The third kappa shape index (κ3) is 3.78. The van der Waals surface area contributed by atoms with Crippen LogP contribution >= 0.6 is 0 Å². The summed E-state index contributed by atoms with van der Waals surface area (Å²) < 4.78 is 14.6. The summed E-state index contributed by atoms with van der Waals surface area (Å²) in [5.74, 6) is -2.42. The summed E-state index contributed by atoms with van der Waals surface area (Å²) in [6.45, 7) is -0.836. The molecule has 4 N–H and O–H groups in total. The fourth-order valence-electron chi connectivity index (χ4n) is 2.37. The molecule has 0 radical (unpaired) electrons. The average molecular weight is 332 g/mol. The van der Waals surface area contributed by atoms with Gasteiger partial charge in [-0.1, -0.05) is 0 Å². The van der Waals surface area contributed by atoms with Gasteiger partial charge in [-0.3, -0.25) is 14.4 Å². The molecule has 24 heavy (non-hydrogen) atoms. The van der Waals surface area contributed by atoms with Crippen LogP contribution in [0.5, 0.6) is 0 Å². The maximum absolute atomic E-state index is 13.0. The fraction of sp³-hybridized carbons (Fsp3) is 0.188. The Morgan fingerprint density at radius 1 is 1.00 bits per heavy atom. The van der Waals surface area contributed by atoms with Crippen LogP contribution in [-0.4, -0.2) is 40.3 Å². The number of carbonyl (C=O) groups excluding carboxylic acids is 3. The van der Waals surface area contributed by atoms with Gasteiger partial charge in [0.15, 0.2) is 0 Å². The first-order valence-electron chi connectivity index (χ1n) is 7.07. The van der Waals surface area contributed by atoms with Gasteiger partial charge < -0.3 is 20.9 Å². The number of aromatic nitrogens is 1. The molecule has 0 aliphatic carbocycles. The van der Waals surface area contributed by atoms with Gasteiger partial charge in [-0.05, 0) is 42.0 Å². The summed E-state index contributed by atoms with van der Waals surface area (Å²) in [6, 6.07) is 9.04. The number of nitrogens with zero attached hydrogens (tertiary/aromatic N) is 2. The molecule has 126 valence electrons. The summed E-state index contributed by atoms with van der Waals surface area (Å²) in [6.07, 6.45) is 0. The van der Waals surface area contributed by atoms with Gasteiger partial charge in [-0.15, -0.1) is 0 Å². The van der Waals surface area contributed by atoms with Crippen LogP contribution in [0.1, 0.15) is 10.5 Å². The number of amides is 3. The maximum atomic E-state index is 13.0. The van der Waals surface area contributed by atoms with E-state index in [1.54, 1.807) is 35.9 Å². The van der Waals surface area contributed by atoms with Gasteiger partial charge in [0.25, 0.3) is 5.91 Å². The van der Waals surface area contributed by atoms with E-state index in [0.29, 0.717) is 11.3 Å². The Balaban J connectivity index is 2.34. The zero-order chi connectivity index (χ0) is 17.9. The minimum Gasteiger partial charge on any atom is -0.368 e. The van der Waals surface area contributed by atoms with Gasteiger partial charge >= 0.3 is 0 Å². The highest BCUT2D eigenvalue weighted by atomic mass is 19.1. The number of halogens is 1. The summed E-state index contributed by atoms with van der Waals surface area (Å²) in [5, 5.41) is 0. The van der Waals surface area contributed by atoms with E-state index in [1.165, 1.54) is 12.1 Å². The molecule has 2 aromatic rings. The molecule has 0 unspecified atom stereocenters. The molecule has 0 bridgehead atoms. The highest BCUT2D eigenvalue weighted by molar-refractivity contribution is 5.98. The monoisotopic (exact) mass is 332 g/mol. The molecule has 8 heteroatoms. The Morgan fingerprint density at radius 2 is 1.54 bits per heavy atom. The van der Waals surface area contributed by atoms with Crippen molar-refractivity contribution in [2.24, 2.45) is 18.5 Å². The lowest BCUT2D eigenvalue weighted by molar-refractivity contribution is -0.121. The molecular weight excluding hydrogens is 315 g/mol. The van der Waals surface area contributed by atoms with E-state index in [9.17, 15) is 18.8 Å². The predicted octanol–water partition coefficient (Wildman–Crippen LogP) is 0.244. The van der Waals surface area contributed by atoms with Gasteiger partial charge in [0.05, 0.1) is 0 Å². The highest BCUT2D eigenvalue weighted by Crippen LogP contribution is 2.22. The van der Waals surface area contributed by atoms with Crippen LogP contribution in [0.2, 0.25) is 0 Å². The van der Waals surface area contributed by atoms with Crippen LogP contribution in [0.3, 0.4) is 0 Å². The summed E-state index contributed by atoms with van der Waals surface area (Å²) in [7, 11) is 1.65. The molecule has 0 fully saturated rings. The molecule has 1 aromatic carbocycles. The van der Waals surface area contributed by atoms with Crippen molar-refractivity contribution in [1.82, 2.24) is 9.47 Å². The van der Waals surface area contributed by atoms with Gasteiger partial charge in [-0.25, -0.2) is 4.39 Å². The van der Waals surface area contributed by atoms with Crippen molar-refractivity contribution in [2.75, 3.05) is 13.1 Å². The van der Waals surface area contributed by atoms with Crippen molar-refractivity contribution in [2.45, 2.75) is 0 Å². The summed E-state index contributed by atoms with van der Waals surface area (Å²) in [5.41, 5.74) is 11.9. The average Bonchev–Trinajstić information content (AvgIpc) is 2.87. The first-order valence-corrected chi connectivity index (χ1v) is 7.07. The Labute approximate surface area is 137 Å². The van der Waals surface area contributed by atoms with Gasteiger partial charge in [0, 0.05) is 12.7 Å². The van der Waals surface area contributed by atoms with E-state index in [1.807, 2.05) is 0 Å². The number of hydrogen-bond acceptors (Lipinski definition) is 3. The van der Waals surface area contributed by atoms with Crippen LogP contribution in [0, 0.1) is 5.82 Å². The minimum atomic E-state index is -0.752. The molecule has 1 heterocycles. The van der Waals surface area contributed by atoms with E-state index >= 15 is 0 Å². The maximum Gasteiger partial charge on any atom is 0.271 e. The van der Waals surface area contributed by atoms with Crippen molar-refractivity contribution in [1.29, 1.82) is 0 Å². The number of benzene rings is 1. The molecule has 0 spiro atoms. The lowest BCUT2D eigenvalue weighted by Gasteiger charge is -2.20.